The standard InChI is InChI=1S/C25H18F6N2O2S/c1-14-5-7-20(8-6-14)33-21(34)13-36-23(33)15-3-2-4-19(11-15)32-22(35)16-9-17(24(26,27)28)12-18(10-16)25(29,30)31/h2-12,23H,13H2,1H3,(H,32,35)/t23-/m1/s1. The van der Waals surface area contributed by atoms with Crippen LogP contribution in [-0.4, -0.2) is 17.6 Å². The molecule has 1 saturated heterocycles. The number of hydrogen-bond donors (Lipinski definition) is 1. The molecule has 11 heteroatoms. The van der Waals surface area contributed by atoms with E-state index in [2.05, 4.69) is 5.32 Å². The van der Waals surface area contributed by atoms with Crippen LogP contribution >= 0.6 is 11.8 Å². The molecule has 36 heavy (non-hydrogen) atoms. The molecule has 1 atom stereocenters. The number of hydrogen-bond acceptors (Lipinski definition) is 3. The van der Waals surface area contributed by atoms with Gasteiger partial charge in [0, 0.05) is 16.9 Å². The van der Waals surface area contributed by atoms with Gasteiger partial charge in [0.05, 0.1) is 16.9 Å². The molecule has 1 aliphatic heterocycles. The smallest absolute Gasteiger partial charge is 0.322 e. The van der Waals surface area contributed by atoms with E-state index in [1.165, 1.54) is 23.9 Å². The third kappa shape index (κ3) is 5.51. The van der Waals surface area contributed by atoms with E-state index in [1.54, 1.807) is 17.0 Å². The number of carbonyl (C=O) groups is 2. The number of aryl methyl sites for hydroxylation is 1. The molecular weight excluding hydrogens is 506 g/mol. The van der Waals surface area contributed by atoms with Gasteiger partial charge >= 0.3 is 12.4 Å². The van der Waals surface area contributed by atoms with Crippen molar-refractivity contribution in [2.24, 2.45) is 0 Å². The normalized spacial score (nSPS) is 16.4. The van der Waals surface area contributed by atoms with Crippen LogP contribution < -0.4 is 10.2 Å². The van der Waals surface area contributed by atoms with Crippen molar-refractivity contribution < 1.29 is 35.9 Å². The summed E-state index contributed by atoms with van der Waals surface area (Å²) in [6, 6.07) is 14.4. The number of alkyl halides is 6. The van der Waals surface area contributed by atoms with Gasteiger partial charge in [0.2, 0.25) is 5.91 Å². The van der Waals surface area contributed by atoms with Crippen LogP contribution in [0.2, 0.25) is 0 Å². The maximum atomic E-state index is 13.1. The Balaban J connectivity index is 1.62. The Bertz CT molecular complexity index is 1270. The lowest BCUT2D eigenvalue weighted by Crippen LogP contribution is -2.27. The maximum absolute atomic E-state index is 13.1. The second-order valence-corrected chi connectivity index (χ2v) is 9.21. The zero-order chi connectivity index (χ0) is 26.3. The largest absolute Gasteiger partial charge is 0.416 e. The molecule has 1 heterocycles. The average Bonchev–Trinajstić information content (AvgIpc) is 3.19. The fourth-order valence-corrected chi connectivity index (χ4v) is 4.88. The van der Waals surface area contributed by atoms with Crippen molar-refractivity contribution >= 4 is 35.0 Å². The lowest BCUT2D eigenvalue weighted by molar-refractivity contribution is -0.143. The molecule has 0 aromatic heterocycles. The summed E-state index contributed by atoms with van der Waals surface area (Å²) in [6.45, 7) is 1.91. The van der Waals surface area contributed by atoms with Gasteiger partial charge in [-0.15, -0.1) is 11.8 Å². The topological polar surface area (TPSA) is 49.4 Å². The minimum absolute atomic E-state index is 0.0363. The molecule has 1 fully saturated rings. The van der Waals surface area contributed by atoms with Gasteiger partial charge in [-0.05, 0) is 55.0 Å². The van der Waals surface area contributed by atoms with Gasteiger partial charge in [-0.3, -0.25) is 14.5 Å². The highest BCUT2D eigenvalue weighted by Crippen LogP contribution is 2.42. The number of amides is 2. The Labute approximate surface area is 206 Å². The third-order valence-corrected chi connectivity index (χ3v) is 6.67. The quantitative estimate of drug-likeness (QED) is 0.372. The van der Waals surface area contributed by atoms with Gasteiger partial charge in [0.25, 0.3) is 5.91 Å². The zero-order valence-electron chi connectivity index (χ0n) is 18.6. The van der Waals surface area contributed by atoms with Gasteiger partial charge < -0.3 is 5.32 Å². The summed E-state index contributed by atoms with van der Waals surface area (Å²) in [7, 11) is 0. The first-order valence-corrected chi connectivity index (χ1v) is 11.6. The molecule has 2 amide bonds. The molecule has 0 bridgehead atoms. The Hall–Kier alpha value is -3.47. The van der Waals surface area contributed by atoms with Crippen molar-refractivity contribution in [3.8, 4) is 0 Å². The van der Waals surface area contributed by atoms with Gasteiger partial charge in [-0.2, -0.15) is 26.3 Å². The molecule has 3 aromatic rings. The van der Waals surface area contributed by atoms with E-state index in [0.29, 0.717) is 23.4 Å². The molecule has 0 aliphatic carbocycles. The van der Waals surface area contributed by atoms with Crippen molar-refractivity contribution in [1.29, 1.82) is 0 Å². The van der Waals surface area contributed by atoms with Crippen LogP contribution in [0.1, 0.15) is 38.0 Å². The van der Waals surface area contributed by atoms with Crippen LogP contribution in [0, 0.1) is 6.92 Å². The van der Waals surface area contributed by atoms with Crippen molar-refractivity contribution in [3.63, 3.8) is 0 Å². The first kappa shape index (κ1) is 25.6. The van der Waals surface area contributed by atoms with Crippen LogP contribution in [0.25, 0.3) is 0 Å². The highest BCUT2D eigenvalue weighted by molar-refractivity contribution is 8.00. The van der Waals surface area contributed by atoms with Gasteiger partial charge in [-0.25, -0.2) is 0 Å². The lowest BCUT2D eigenvalue weighted by atomic mass is 10.0. The van der Waals surface area contributed by atoms with Crippen molar-refractivity contribution in [1.82, 2.24) is 0 Å². The highest BCUT2D eigenvalue weighted by atomic mass is 32.2. The number of carbonyl (C=O) groups excluding carboxylic acids is 2. The summed E-state index contributed by atoms with van der Waals surface area (Å²) in [5.41, 5.74) is -1.45. The molecule has 0 saturated carbocycles. The number of rotatable bonds is 4. The second kappa shape index (κ2) is 9.53. The fraction of sp³-hybridized carbons (Fsp3) is 0.200. The molecule has 1 N–H and O–H groups in total. The van der Waals surface area contributed by atoms with E-state index in [4.69, 9.17) is 0 Å². The van der Waals surface area contributed by atoms with Crippen molar-refractivity contribution in [2.45, 2.75) is 24.7 Å². The predicted molar refractivity (Wildman–Crippen MR) is 125 cm³/mol. The van der Waals surface area contributed by atoms with Gasteiger partial charge in [0.15, 0.2) is 0 Å². The van der Waals surface area contributed by atoms with E-state index in [-0.39, 0.29) is 23.4 Å². The van der Waals surface area contributed by atoms with E-state index in [0.717, 1.165) is 5.56 Å². The number of nitrogens with zero attached hydrogens (tertiary/aromatic N) is 1. The molecule has 0 unspecified atom stereocenters. The Kier molecular flexibility index (Phi) is 6.78. The molecule has 4 nitrogen and oxygen atoms in total. The van der Waals surface area contributed by atoms with E-state index in [1.807, 2.05) is 31.2 Å². The summed E-state index contributed by atoms with van der Waals surface area (Å²) in [5.74, 6) is -1.03. The number of benzene rings is 3. The van der Waals surface area contributed by atoms with E-state index in [9.17, 15) is 35.9 Å². The van der Waals surface area contributed by atoms with Crippen LogP contribution in [0.4, 0.5) is 37.7 Å². The Morgan fingerprint density at radius 3 is 2.11 bits per heavy atom. The molecule has 0 radical (unpaired) electrons. The minimum Gasteiger partial charge on any atom is -0.322 e. The maximum Gasteiger partial charge on any atom is 0.416 e. The fourth-order valence-electron chi connectivity index (χ4n) is 3.71. The number of halogens is 6. The average molecular weight is 524 g/mol. The molecular formula is C25H18F6N2O2S. The minimum atomic E-state index is -5.07. The Morgan fingerprint density at radius 2 is 1.53 bits per heavy atom. The zero-order valence-corrected chi connectivity index (χ0v) is 19.4. The Morgan fingerprint density at radius 1 is 0.917 bits per heavy atom. The van der Waals surface area contributed by atoms with Crippen molar-refractivity contribution in [3.05, 3.63) is 94.5 Å². The monoisotopic (exact) mass is 524 g/mol. The lowest BCUT2D eigenvalue weighted by Gasteiger charge is -2.25. The first-order chi connectivity index (χ1) is 16.8. The summed E-state index contributed by atoms with van der Waals surface area (Å²) in [4.78, 5) is 26.8. The SMILES string of the molecule is Cc1ccc(N2C(=O)CS[C@@H]2c2cccc(NC(=O)c3cc(C(F)(F)F)cc(C(F)(F)F)c3)c2)cc1. The summed E-state index contributed by atoms with van der Waals surface area (Å²) in [6.07, 6.45) is -10.1. The summed E-state index contributed by atoms with van der Waals surface area (Å²) < 4.78 is 78.9. The molecule has 1 aliphatic rings. The highest BCUT2D eigenvalue weighted by Gasteiger charge is 2.38. The summed E-state index contributed by atoms with van der Waals surface area (Å²) >= 11 is 1.36. The molecule has 188 valence electrons. The molecule has 4 rings (SSSR count). The van der Waals surface area contributed by atoms with Gasteiger partial charge in [-0.1, -0.05) is 29.8 Å². The summed E-state index contributed by atoms with van der Waals surface area (Å²) in [5, 5.41) is 1.94. The number of anilines is 2. The second-order valence-electron chi connectivity index (χ2n) is 8.14. The predicted octanol–water partition coefficient (Wildman–Crippen LogP) is 7.06. The third-order valence-electron chi connectivity index (χ3n) is 5.46. The van der Waals surface area contributed by atoms with Crippen LogP contribution in [0.3, 0.4) is 0 Å². The molecule has 0 spiro atoms. The first-order valence-electron chi connectivity index (χ1n) is 10.5. The van der Waals surface area contributed by atoms with Crippen LogP contribution in [-0.2, 0) is 17.1 Å². The number of nitrogens with one attached hydrogen (secondary N) is 1. The van der Waals surface area contributed by atoms with E-state index >= 15 is 0 Å². The van der Waals surface area contributed by atoms with Crippen LogP contribution in [0.5, 0.6) is 0 Å². The number of thioether (sulfide) groups is 1. The molecule has 3 aromatic carbocycles. The van der Waals surface area contributed by atoms with Crippen molar-refractivity contribution in [2.75, 3.05) is 16.0 Å². The van der Waals surface area contributed by atoms with E-state index < -0.39 is 40.3 Å². The van der Waals surface area contributed by atoms with Gasteiger partial charge in [0.1, 0.15) is 5.37 Å². The van der Waals surface area contributed by atoms with Crippen LogP contribution in [0.15, 0.2) is 66.7 Å².